The molecule has 9 heteroatoms. The van der Waals surface area contributed by atoms with E-state index in [0.717, 1.165) is 18.4 Å². The molecule has 162 valence electrons. The molecule has 0 radical (unpaired) electrons. The quantitative estimate of drug-likeness (QED) is 0.460. The molecule has 32 heavy (non-hydrogen) atoms. The fourth-order valence-corrected chi connectivity index (χ4v) is 5.23. The Labute approximate surface area is 182 Å². The van der Waals surface area contributed by atoms with Crippen LogP contribution in [0, 0.1) is 11.8 Å². The number of ether oxygens (including phenoxy) is 2. The molecule has 2 aromatic heterocycles. The van der Waals surface area contributed by atoms with Gasteiger partial charge in [0, 0.05) is 11.8 Å². The van der Waals surface area contributed by atoms with E-state index in [1.165, 1.54) is 11.1 Å². The van der Waals surface area contributed by atoms with Crippen LogP contribution < -0.4 is 4.90 Å². The van der Waals surface area contributed by atoms with E-state index in [1.54, 1.807) is 41.9 Å². The zero-order valence-electron chi connectivity index (χ0n) is 17.3. The third-order valence-electron chi connectivity index (χ3n) is 6.58. The Bertz CT molecular complexity index is 1260. The number of hydrogen-bond donors (Lipinski definition) is 0. The normalized spacial score (nSPS) is 26.2. The molecule has 2 bridgehead atoms. The van der Waals surface area contributed by atoms with Crippen LogP contribution in [-0.2, 0) is 19.1 Å². The van der Waals surface area contributed by atoms with Gasteiger partial charge >= 0.3 is 5.97 Å². The Morgan fingerprint density at radius 2 is 1.91 bits per heavy atom. The van der Waals surface area contributed by atoms with Crippen molar-refractivity contribution in [2.45, 2.75) is 32.0 Å². The second-order valence-corrected chi connectivity index (χ2v) is 8.25. The summed E-state index contributed by atoms with van der Waals surface area (Å²) in [6.07, 6.45) is 4.37. The van der Waals surface area contributed by atoms with E-state index < -0.39 is 5.97 Å². The number of amides is 2. The molecule has 4 atom stereocenters. The fraction of sp³-hybridized carbons (Fsp3) is 0.348. The molecular formula is C23H20N4O5. The summed E-state index contributed by atoms with van der Waals surface area (Å²) >= 11 is 0. The zero-order chi connectivity index (χ0) is 22.0. The molecule has 6 rings (SSSR count). The van der Waals surface area contributed by atoms with Gasteiger partial charge in [0.15, 0.2) is 5.65 Å². The average Bonchev–Trinajstić information content (AvgIpc) is 3.56. The Morgan fingerprint density at radius 1 is 1.16 bits per heavy atom. The first kappa shape index (κ1) is 19.1. The molecular weight excluding hydrogens is 412 g/mol. The van der Waals surface area contributed by atoms with Crippen molar-refractivity contribution in [3.8, 4) is 11.3 Å². The van der Waals surface area contributed by atoms with E-state index in [2.05, 4.69) is 10.1 Å². The van der Waals surface area contributed by atoms with Gasteiger partial charge in [-0.25, -0.2) is 19.2 Å². The lowest BCUT2D eigenvalue weighted by Gasteiger charge is -2.18. The lowest BCUT2D eigenvalue weighted by atomic mass is 9.81. The summed E-state index contributed by atoms with van der Waals surface area (Å²) in [4.78, 5) is 44.1. The van der Waals surface area contributed by atoms with Gasteiger partial charge in [-0.3, -0.25) is 9.59 Å². The van der Waals surface area contributed by atoms with Crippen molar-refractivity contribution in [1.29, 1.82) is 0 Å². The molecule has 0 unspecified atom stereocenters. The van der Waals surface area contributed by atoms with Gasteiger partial charge in [-0.2, -0.15) is 5.10 Å². The largest absolute Gasteiger partial charge is 0.462 e. The number of nitrogens with zero attached hydrogens (tertiary/aromatic N) is 4. The number of aromatic nitrogens is 3. The number of benzene rings is 1. The van der Waals surface area contributed by atoms with Crippen LogP contribution in [-0.4, -0.2) is 51.2 Å². The minimum Gasteiger partial charge on any atom is -0.462 e. The molecule has 2 amide bonds. The summed E-state index contributed by atoms with van der Waals surface area (Å²) in [6.45, 7) is 1.99. The van der Waals surface area contributed by atoms with E-state index in [0.29, 0.717) is 17.0 Å². The fourth-order valence-electron chi connectivity index (χ4n) is 5.23. The van der Waals surface area contributed by atoms with E-state index in [1.807, 2.05) is 6.07 Å². The predicted molar refractivity (Wildman–Crippen MR) is 112 cm³/mol. The number of hydrogen-bond acceptors (Lipinski definition) is 7. The predicted octanol–water partition coefficient (Wildman–Crippen LogP) is 2.24. The van der Waals surface area contributed by atoms with E-state index >= 15 is 0 Å². The SMILES string of the molecule is CCOC(=O)c1cnn2c(-c3cccc(N4C(=O)[C@@H]5[C@H](C4=O)[C@@H]4CC[C@@H]5O4)c3)ccnc12. The molecule has 1 aromatic carbocycles. The topological polar surface area (TPSA) is 103 Å². The number of imide groups is 1. The van der Waals surface area contributed by atoms with Gasteiger partial charge in [-0.05, 0) is 38.0 Å². The molecule has 3 fully saturated rings. The molecule has 0 spiro atoms. The molecule has 5 heterocycles. The average molecular weight is 432 g/mol. The second-order valence-electron chi connectivity index (χ2n) is 8.25. The van der Waals surface area contributed by atoms with Gasteiger partial charge < -0.3 is 9.47 Å². The van der Waals surface area contributed by atoms with Crippen LogP contribution in [0.15, 0.2) is 42.7 Å². The first-order chi connectivity index (χ1) is 15.6. The minimum atomic E-state index is -0.488. The highest BCUT2D eigenvalue weighted by atomic mass is 16.5. The van der Waals surface area contributed by atoms with Gasteiger partial charge in [0.05, 0.1) is 48.2 Å². The summed E-state index contributed by atoms with van der Waals surface area (Å²) in [7, 11) is 0. The Balaban J connectivity index is 1.39. The Hall–Kier alpha value is -3.59. The Morgan fingerprint density at radius 3 is 2.62 bits per heavy atom. The lowest BCUT2D eigenvalue weighted by Crippen LogP contribution is -2.34. The van der Waals surface area contributed by atoms with Crippen molar-refractivity contribution in [3.63, 3.8) is 0 Å². The smallest absolute Gasteiger partial charge is 0.343 e. The number of anilines is 1. The maximum Gasteiger partial charge on any atom is 0.343 e. The van der Waals surface area contributed by atoms with E-state index in [4.69, 9.17) is 9.47 Å². The summed E-state index contributed by atoms with van der Waals surface area (Å²) < 4.78 is 12.5. The highest BCUT2D eigenvalue weighted by Crippen LogP contribution is 2.49. The van der Waals surface area contributed by atoms with Crippen molar-refractivity contribution >= 4 is 29.1 Å². The maximum absolute atomic E-state index is 13.1. The highest BCUT2D eigenvalue weighted by Gasteiger charge is 2.62. The number of fused-ring (bicyclic) bond motifs is 6. The monoisotopic (exact) mass is 432 g/mol. The lowest BCUT2D eigenvalue weighted by molar-refractivity contribution is -0.124. The molecule has 3 aliphatic rings. The number of rotatable bonds is 4. The summed E-state index contributed by atoms with van der Waals surface area (Å²) in [5.41, 5.74) is 2.59. The van der Waals surface area contributed by atoms with Crippen molar-refractivity contribution < 1.29 is 23.9 Å². The molecule has 3 aromatic rings. The van der Waals surface area contributed by atoms with Crippen LogP contribution in [0.3, 0.4) is 0 Å². The highest BCUT2D eigenvalue weighted by molar-refractivity contribution is 6.23. The number of carbonyl (C=O) groups excluding carboxylic acids is 3. The summed E-state index contributed by atoms with van der Waals surface area (Å²) in [5, 5.41) is 4.32. The molecule has 9 nitrogen and oxygen atoms in total. The minimum absolute atomic E-state index is 0.153. The van der Waals surface area contributed by atoms with Crippen LogP contribution in [0.25, 0.3) is 16.9 Å². The van der Waals surface area contributed by atoms with Gasteiger partial charge in [0.1, 0.15) is 5.56 Å². The van der Waals surface area contributed by atoms with Crippen LogP contribution in [0.2, 0.25) is 0 Å². The van der Waals surface area contributed by atoms with Gasteiger partial charge in [0.25, 0.3) is 0 Å². The van der Waals surface area contributed by atoms with E-state index in [9.17, 15) is 14.4 Å². The van der Waals surface area contributed by atoms with Crippen LogP contribution in [0.5, 0.6) is 0 Å². The Kier molecular flexibility index (Phi) is 4.16. The van der Waals surface area contributed by atoms with Crippen molar-refractivity contribution in [2.75, 3.05) is 11.5 Å². The summed E-state index contributed by atoms with van der Waals surface area (Å²) in [6, 6.07) is 8.98. The van der Waals surface area contributed by atoms with Crippen LogP contribution >= 0.6 is 0 Å². The molecule has 0 saturated carbocycles. The maximum atomic E-state index is 13.1. The molecule has 3 aliphatic heterocycles. The molecule has 0 aliphatic carbocycles. The van der Waals surface area contributed by atoms with Gasteiger partial charge in [-0.1, -0.05) is 12.1 Å². The van der Waals surface area contributed by atoms with Gasteiger partial charge in [0.2, 0.25) is 11.8 Å². The third kappa shape index (κ3) is 2.57. The van der Waals surface area contributed by atoms with Crippen molar-refractivity contribution in [3.05, 3.63) is 48.3 Å². The van der Waals surface area contributed by atoms with Gasteiger partial charge in [-0.15, -0.1) is 0 Å². The molecule has 0 N–H and O–H groups in total. The van der Waals surface area contributed by atoms with Crippen LogP contribution in [0.4, 0.5) is 5.69 Å². The number of esters is 1. The van der Waals surface area contributed by atoms with E-state index in [-0.39, 0.29) is 48.0 Å². The summed E-state index contributed by atoms with van der Waals surface area (Å²) in [5.74, 6) is -1.62. The third-order valence-corrected chi connectivity index (χ3v) is 6.58. The van der Waals surface area contributed by atoms with Crippen molar-refractivity contribution in [1.82, 2.24) is 14.6 Å². The number of carbonyl (C=O) groups is 3. The molecule has 3 saturated heterocycles. The standard InChI is InChI=1S/C23H20N4O5/c1-2-31-23(30)14-11-25-27-15(8-9-24-20(14)27)12-4-3-5-13(10-12)26-21(28)18-16-6-7-17(32-16)19(18)22(26)29/h3-5,8-11,16-19H,2,6-7H2,1H3/t16-,17-,18-,19+/m0/s1. The zero-order valence-corrected chi connectivity index (χ0v) is 17.3. The first-order valence-corrected chi connectivity index (χ1v) is 10.7. The second kappa shape index (κ2) is 6.96. The first-order valence-electron chi connectivity index (χ1n) is 10.7. The van der Waals surface area contributed by atoms with Crippen LogP contribution in [0.1, 0.15) is 30.1 Å². The van der Waals surface area contributed by atoms with Crippen molar-refractivity contribution in [2.24, 2.45) is 11.8 Å².